The zero-order valence-corrected chi connectivity index (χ0v) is 11.4. The van der Waals surface area contributed by atoms with Crippen LogP contribution >= 0.6 is 0 Å². The summed E-state index contributed by atoms with van der Waals surface area (Å²) < 4.78 is 0. The molecule has 1 aromatic carbocycles. The Labute approximate surface area is 109 Å². The van der Waals surface area contributed by atoms with Gasteiger partial charge in [0.15, 0.2) is 0 Å². The van der Waals surface area contributed by atoms with E-state index in [1.807, 2.05) is 12.1 Å². The molecule has 0 aliphatic rings. The summed E-state index contributed by atoms with van der Waals surface area (Å²) >= 11 is 0. The third kappa shape index (κ3) is 4.47. The Balaban J connectivity index is 2.59. The van der Waals surface area contributed by atoms with Crippen LogP contribution in [0, 0.1) is 5.41 Å². The van der Waals surface area contributed by atoms with Crippen LogP contribution in [-0.4, -0.2) is 30.9 Å². The van der Waals surface area contributed by atoms with E-state index in [2.05, 4.69) is 25.8 Å². The molecule has 0 radical (unpaired) electrons. The lowest BCUT2D eigenvalue weighted by molar-refractivity contribution is 0.100. The van der Waals surface area contributed by atoms with Gasteiger partial charge in [0.25, 0.3) is 0 Å². The van der Waals surface area contributed by atoms with Gasteiger partial charge in [-0.15, -0.1) is 0 Å². The lowest BCUT2D eigenvalue weighted by atomic mass is 9.93. The van der Waals surface area contributed by atoms with Crippen LogP contribution in [0.3, 0.4) is 0 Å². The van der Waals surface area contributed by atoms with Gasteiger partial charge in [-0.2, -0.15) is 0 Å². The van der Waals surface area contributed by atoms with E-state index in [-0.39, 0.29) is 11.3 Å². The number of rotatable bonds is 6. The van der Waals surface area contributed by atoms with Gasteiger partial charge in [-0.3, -0.25) is 4.79 Å². The highest BCUT2D eigenvalue weighted by atomic mass is 16.1. The van der Waals surface area contributed by atoms with Crippen LogP contribution in [0.2, 0.25) is 0 Å². The van der Waals surface area contributed by atoms with Gasteiger partial charge in [0.05, 0.1) is 0 Å². The molecule has 1 rings (SSSR count). The molecule has 0 bridgehead atoms. The molecule has 4 nitrogen and oxygen atoms in total. The standard InChI is InChI=1S/C14H23N3O/c1-14(2,9-15)10-17(3)8-11-4-6-12(7-5-11)13(16)18/h4-7H,8-10,15H2,1-3H3,(H2,16,18). The first-order valence-corrected chi connectivity index (χ1v) is 6.11. The highest BCUT2D eigenvalue weighted by Gasteiger charge is 2.17. The largest absolute Gasteiger partial charge is 0.366 e. The first kappa shape index (κ1) is 14.7. The van der Waals surface area contributed by atoms with Crippen molar-refractivity contribution in [1.82, 2.24) is 4.90 Å². The molecule has 0 saturated carbocycles. The molecule has 1 amide bonds. The first-order chi connectivity index (χ1) is 8.34. The Morgan fingerprint density at radius 3 is 2.28 bits per heavy atom. The van der Waals surface area contributed by atoms with Crippen LogP contribution in [0.4, 0.5) is 0 Å². The van der Waals surface area contributed by atoms with Crippen molar-refractivity contribution in [3.05, 3.63) is 35.4 Å². The van der Waals surface area contributed by atoms with Crippen LogP contribution in [0.25, 0.3) is 0 Å². The first-order valence-electron chi connectivity index (χ1n) is 6.11. The van der Waals surface area contributed by atoms with E-state index in [1.54, 1.807) is 12.1 Å². The Hall–Kier alpha value is -1.39. The van der Waals surface area contributed by atoms with Crippen molar-refractivity contribution >= 4 is 5.91 Å². The molecule has 1 aromatic rings. The van der Waals surface area contributed by atoms with Crippen LogP contribution in [-0.2, 0) is 6.54 Å². The summed E-state index contributed by atoms with van der Waals surface area (Å²) in [6.07, 6.45) is 0. The van der Waals surface area contributed by atoms with Gasteiger partial charge in [-0.05, 0) is 36.7 Å². The lowest BCUT2D eigenvalue weighted by Gasteiger charge is -2.29. The molecule has 0 fully saturated rings. The molecule has 4 N–H and O–H groups in total. The summed E-state index contributed by atoms with van der Waals surface area (Å²) in [4.78, 5) is 13.2. The number of carbonyl (C=O) groups excluding carboxylic acids is 1. The third-order valence-corrected chi connectivity index (χ3v) is 2.94. The van der Waals surface area contributed by atoms with Crippen molar-refractivity contribution in [3.63, 3.8) is 0 Å². The van der Waals surface area contributed by atoms with Gasteiger partial charge in [-0.1, -0.05) is 26.0 Å². The molecule has 0 aromatic heterocycles. The summed E-state index contributed by atoms with van der Waals surface area (Å²) in [5.41, 5.74) is 12.7. The third-order valence-electron chi connectivity index (χ3n) is 2.94. The SMILES string of the molecule is CN(Cc1ccc(C(N)=O)cc1)CC(C)(C)CN. The maximum atomic E-state index is 11.0. The molecule has 0 unspecified atom stereocenters. The number of amides is 1. The van der Waals surface area contributed by atoms with Gasteiger partial charge in [0.2, 0.25) is 5.91 Å². The number of carbonyl (C=O) groups is 1. The maximum absolute atomic E-state index is 11.0. The highest BCUT2D eigenvalue weighted by Crippen LogP contribution is 2.15. The number of hydrogen-bond acceptors (Lipinski definition) is 3. The highest BCUT2D eigenvalue weighted by molar-refractivity contribution is 5.92. The maximum Gasteiger partial charge on any atom is 0.248 e. The molecule has 0 spiro atoms. The van der Waals surface area contributed by atoms with Crippen molar-refractivity contribution < 1.29 is 4.79 Å². The van der Waals surface area contributed by atoms with Crippen LogP contribution in [0.15, 0.2) is 24.3 Å². The summed E-state index contributed by atoms with van der Waals surface area (Å²) in [5.74, 6) is -0.390. The van der Waals surface area contributed by atoms with Crippen molar-refractivity contribution in [2.75, 3.05) is 20.1 Å². The number of benzene rings is 1. The minimum Gasteiger partial charge on any atom is -0.366 e. The zero-order chi connectivity index (χ0) is 13.8. The van der Waals surface area contributed by atoms with Crippen molar-refractivity contribution in [2.24, 2.45) is 16.9 Å². The van der Waals surface area contributed by atoms with Crippen LogP contribution in [0.1, 0.15) is 29.8 Å². The van der Waals surface area contributed by atoms with Crippen molar-refractivity contribution in [2.45, 2.75) is 20.4 Å². The monoisotopic (exact) mass is 249 g/mol. The Bertz CT molecular complexity index is 398. The fourth-order valence-electron chi connectivity index (χ4n) is 1.94. The van der Waals surface area contributed by atoms with E-state index in [9.17, 15) is 4.79 Å². The van der Waals surface area contributed by atoms with E-state index in [0.717, 1.165) is 18.7 Å². The summed E-state index contributed by atoms with van der Waals surface area (Å²) in [6, 6.07) is 7.40. The van der Waals surface area contributed by atoms with Gasteiger partial charge < -0.3 is 16.4 Å². The Kier molecular flexibility index (Phi) is 4.87. The quantitative estimate of drug-likeness (QED) is 0.795. The average Bonchev–Trinajstić information content (AvgIpc) is 2.29. The predicted octanol–water partition coefficient (Wildman–Crippen LogP) is 1.20. The normalized spacial score (nSPS) is 11.8. The summed E-state index contributed by atoms with van der Waals surface area (Å²) in [5, 5.41) is 0. The summed E-state index contributed by atoms with van der Waals surface area (Å²) in [7, 11) is 2.07. The molecular weight excluding hydrogens is 226 g/mol. The number of nitrogens with zero attached hydrogens (tertiary/aromatic N) is 1. The van der Waals surface area contributed by atoms with E-state index < -0.39 is 0 Å². The molecule has 0 atom stereocenters. The number of hydrogen-bond donors (Lipinski definition) is 2. The Morgan fingerprint density at radius 2 is 1.83 bits per heavy atom. The molecule has 0 aliphatic heterocycles. The van der Waals surface area contributed by atoms with Crippen molar-refractivity contribution in [3.8, 4) is 0 Å². The minimum absolute atomic E-state index is 0.113. The average molecular weight is 249 g/mol. The van der Waals surface area contributed by atoms with Gasteiger partial charge >= 0.3 is 0 Å². The smallest absolute Gasteiger partial charge is 0.248 e. The lowest BCUT2D eigenvalue weighted by Crippen LogP contribution is -2.36. The van der Waals surface area contributed by atoms with Crippen LogP contribution < -0.4 is 11.5 Å². The van der Waals surface area contributed by atoms with Crippen molar-refractivity contribution in [1.29, 1.82) is 0 Å². The van der Waals surface area contributed by atoms with Crippen LogP contribution in [0.5, 0.6) is 0 Å². The van der Waals surface area contributed by atoms with E-state index in [0.29, 0.717) is 12.1 Å². The van der Waals surface area contributed by atoms with E-state index in [4.69, 9.17) is 11.5 Å². The molecule has 100 valence electrons. The molecule has 0 aliphatic carbocycles. The second-order valence-corrected chi connectivity index (χ2v) is 5.60. The Morgan fingerprint density at radius 1 is 1.28 bits per heavy atom. The predicted molar refractivity (Wildman–Crippen MR) is 74.1 cm³/mol. The number of nitrogens with two attached hydrogens (primary N) is 2. The molecule has 0 heterocycles. The van der Waals surface area contributed by atoms with E-state index in [1.165, 1.54) is 0 Å². The molecular formula is C14H23N3O. The zero-order valence-electron chi connectivity index (χ0n) is 11.4. The second kappa shape index (κ2) is 5.98. The summed E-state index contributed by atoms with van der Waals surface area (Å²) in [6.45, 7) is 6.74. The van der Waals surface area contributed by atoms with E-state index >= 15 is 0 Å². The van der Waals surface area contributed by atoms with Gasteiger partial charge in [0.1, 0.15) is 0 Å². The molecule has 0 saturated heterocycles. The molecule has 4 heteroatoms. The fourth-order valence-corrected chi connectivity index (χ4v) is 1.94. The molecule has 18 heavy (non-hydrogen) atoms. The fraction of sp³-hybridized carbons (Fsp3) is 0.500. The minimum atomic E-state index is -0.390. The van der Waals surface area contributed by atoms with Gasteiger partial charge in [0, 0.05) is 18.7 Å². The second-order valence-electron chi connectivity index (χ2n) is 5.60. The topological polar surface area (TPSA) is 72.3 Å². The van der Waals surface area contributed by atoms with Gasteiger partial charge in [-0.25, -0.2) is 0 Å². The number of primary amides is 1.